The van der Waals surface area contributed by atoms with E-state index in [9.17, 15) is 24.0 Å². The van der Waals surface area contributed by atoms with E-state index in [0.29, 0.717) is 39.2 Å². The average molecular weight is 622 g/mol. The van der Waals surface area contributed by atoms with Gasteiger partial charge in [0.2, 0.25) is 0 Å². The van der Waals surface area contributed by atoms with E-state index >= 15 is 0 Å². The first-order valence-corrected chi connectivity index (χ1v) is 16.6. The molecule has 0 saturated heterocycles. The minimum absolute atomic E-state index is 0.0229. The molecule has 47 heavy (non-hydrogen) atoms. The van der Waals surface area contributed by atoms with Gasteiger partial charge in [-0.1, -0.05) is 43.9 Å². The monoisotopic (exact) mass is 621 g/mol. The van der Waals surface area contributed by atoms with Crippen LogP contribution in [-0.2, 0) is 0 Å². The molecule has 2 heterocycles. The zero-order valence-corrected chi connectivity index (χ0v) is 25.7. The molecule has 8 heteroatoms. The van der Waals surface area contributed by atoms with Crippen LogP contribution >= 0.6 is 0 Å². The third kappa shape index (κ3) is 4.27. The fourth-order valence-electron chi connectivity index (χ4n) is 8.36. The number of ketones is 2. The summed E-state index contributed by atoms with van der Waals surface area (Å²) in [6, 6.07) is 19.9. The molecule has 232 valence electrons. The van der Waals surface area contributed by atoms with Crippen molar-refractivity contribution in [1.82, 2.24) is 9.97 Å². The minimum atomic E-state index is -1.27. The number of nitrogens with one attached hydrogen (secondary N) is 1. The highest BCUT2D eigenvalue weighted by molar-refractivity contribution is 6.36. The lowest BCUT2D eigenvalue weighted by atomic mass is 9.96. The van der Waals surface area contributed by atoms with Gasteiger partial charge in [-0.25, -0.2) is 9.88 Å². The van der Waals surface area contributed by atoms with Crippen molar-refractivity contribution >= 4 is 50.7 Å². The van der Waals surface area contributed by atoms with Crippen molar-refractivity contribution < 1.29 is 19.2 Å². The summed E-state index contributed by atoms with van der Waals surface area (Å²) in [6.07, 6.45) is 9.14. The second-order valence-corrected chi connectivity index (χ2v) is 13.5. The molecule has 2 amide bonds. The standard InChI is InChI=1S/C39H31N3O5/c43-34-27-16-24-18-29-30(39(47)42(38(29)46)26-11-5-10-22(14-26)20-6-1-2-7-20)19-25(24)17-28(27)35(44)33(34)36-40-32-13-12-23(21-8-3-4-9-21)15-31(32)37(45)41-36/h5,10-21,33H,1-4,6-9H2,(H,40,41,45). The van der Waals surface area contributed by atoms with Crippen LogP contribution in [-0.4, -0.2) is 33.3 Å². The van der Waals surface area contributed by atoms with Crippen LogP contribution in [0.1, 0.15) is 128 Å². The lowest BCUT2D eigenvalue weighted by Gasteiger charge is -2.17. The second-order valence-electron chi connectivity index (χ2n) is 13.5. The largest absolute Gasteiger partial charge is 0.309 e. The van der Waals surface area contributed by atoms with Gasteiger partial charge in [-0.05, 0) is 108 Å². The van der Waals surface area contributed by atoms with E-state index in [1.165, 1.54) is 30.6 Å². The number of aromatic amines is 1. The molecule has 0 atom stereocenters. The molecule has 0 bridgehead atoms. The van der Waals surface area contributed by atoms with E-state index < -0.39 is 29.3 Å². The predicted octanol–water partition coefficient (Wildman–Crippen LogP) is 7.35. The molecule has 1 N–H and O–H groups in total. The van der Waals surface area contributed by atoms with E-state index in [4.69, 9.17) is 0 Å². The molecule has 4 aromatic carbocycles. The third-order valence-electron chi connectivity index (χ3n) is 10.8. The number of carbonyl (C=O) groups excluding carboxylic acids is 4. The molecule has 0 radical (unpaired) electrons. The highest BCUT2D eigenvalue weighted by Gasteiger charge is 2.43. The van der Waals surface area contributed by atoms with Gasteiger partial charge < -0.3 is 4.98 Å². The molecule has 0 spiro atoms. The number of carbonyl (C=O) groups is 4. The highest BCUT2D eigenvalue weighted by Crippen LogP contribution is 2.40. The maximum atomic E-state index is 13.7. The number of Topliss-reactive ketones (excluding diaryl/α,β-unsaturated/α-hetero) is 2. The topological polar surface area (TPSA) is 117 Å². The summed E-state index contributed by atoms with van der Waals surface area (Å²) in [7, 11) is 0. The first-order valence-electron chi connectivity index (χ1n) is 16.6. The van der Waals surface area contributed by atoms with Crippen molar-refractivity contribution in [3.63, 3.8) is 0 Å². The highest BCUT2D eigenvalue weighted by atomic mass is 16.2. The Morgan fingerprint density at radius 1 is 0.617 bits per heavy atom. The van der Waals surface area contributed by atoms with Crippen molar-refractivity contribution in [2.24, 2.45) is 0 Å². The third-order valence-corrected chi connectivity index (χ3v) is 10.8. The van der Waals surface area contributed by atoms with Gasteiger partial charge in [-0.3, -0.25) is 24.0 Å². The number of benzene rings is 4. The Morgan fingerprint density at radius 3 is 1.77 bits per heavy atom. The Morgan fingerprint density at radius 2 is 1.17 bits per heavy atom. The number of hydrogen-bond donors (Lipinski definition) is 1. The maximum Gasteiger partial charge on any atom is 0.266 e. The molecule has 2 saturated carbocycles. The summed E-state index contributed by atoms with van der Waals surface area (Å²) in [6.45, 7) is 0. The van der Waals surface area contributed by atoms with Crippen LogP contribution in [0.4, 0.5) is 5.69 Å². The zero-order valence-electron chi connectivity index (χ0n) is 25.7. The Hall–Kier alpha value is -5.24. The molecule has 4 aliphatic rings. The molecule has 1 aromatic heterocycles. The number of H-pyrrole nitrogens is 1. The number of anilines is 1. The molecule has 1 aliphatic heterocycles. The summed E-state index contributed by atoms with van der Waals surface area (Å²) in [5, 5.41) is 1.60. The summed E-state index contributed by atoms with van der Waals surface area (Å²) in [5.41, 5.74) is 3.82. The summed E-state index contributed by atoms with van der Waals surface area (Å²) >= 11 is 0. The normalized spacial score (nSPS) is 18.8. The van der Waals surface area contributed by atoms with Crippen molar-refractivity contribution in [3.8, 4) is 0 Å². The maximum absolute atomic E-state index is 13.7. The van der Waals surface area contributed by atoms with Gasteiger partial charge in [-0.2, -0.15) is 0 Å². The number of imide groups is 1. The first kappa shape index (κ1) is 28.0. The fourth-order valence-corrected chi connectivity index (χ4v) is 8.36. The molecule has 2 fully saturated rings. The molecule has 0 unspecified atom stereocenters. The molecular formula is C39H31N3O5. The predicted molar refractivity (Wildman–Crippen MR) is 178 cm³/mol. The molecule has 8 nitrogen and oxygen atoms in total. The Balaban J connectivity index is 1.05. The fraction of sp³-hybridized carbons (Fsp3) is 0.282. The SMILES string of the molecule is O=C1c2cc3cc4c(cc3cc2C(=O)C1c1nc2ccc(C3CCCC3)cc2c(=O)[nH]1)C(=O)N(c1cccc(C2CCCC2)c1)C4=O. The minimum Gasteiger partial charge on any atom is -0.309 e. The average Bonchev–Trinajstić information content (AvgIpc) is 3.89. The summed E-state index contributed by atoms with van der Waals surface area (Å²) in [5.74, 6) is -2.11. The van der Waals surface area contributed by atoms with Crippen molar-refractivity contribution in [3.05, 3.63) is 116 Å². The quantitative estimate of drug-likeness (QED) is 0.166. The lowest BCUT2D eigenvalue weighted by Crippen LogP contribution is -2.29. The zero-order chi connectivity index (χ0) is 32.0. The van der Waals surface area contributed by atoms with Crippen LogP contribution in [0, 0.1) is 0 Å². The smallest absolute Gasteiger partial charge is 0.266 e. The number of nitrogens with zero attached hydrogens (tertiary/aromatic N) is 2. The van der Waals surface area contributed by atoms with Crippen LogP contribution in [0.25, 0.3) is 21.7 Å². The van der Waals surface area contributed by atoms with Crippen molar-refractivity contribution in [1.29, 1.82) is 0 Å². The molecule has 3 aliphatic carbocycles. The molecular weight excluding hydrogens is 590 g/mol. The van der Waals surface area contributed by atoms with Gasteiger partial charge in [-0.15, -0.1) is 0 Å². The summed E-state index contributed by atoms with van der Waals surface area (Å²) in [4.78, 5) is 76.5. The van der Waals surface area contributed by atoms with E-state index in [1.54, 1.807) is 36.4 Å². The van der Waals surface area contributed by atoms with Gasteiger partial charge in [0.25, 0.3) is 17.4 Å². The first-order chi connectivity index (χ1) is 22.9. The second kappa shape index (κ2) is 10.4. The molecule has 9 rings (SSSR count). The number of fused-ring (bicyclic) bond motifs is 4. The van der Waals surface area contributed by atoms with Gasteiger partial charge in [0, 0.05) is 11.1 Å². The number of amides is 2. The van der Waals surface area contributed by atoms with Crippen LogP contribution in [0.2, 0.25) is 0 Å². The van der Waals surface area contributed by atoms with Crippen molar-refractivity contribution in [2.45, 2.75) is 69.1 Å². The van der Waals surface area contributed by atoms with Gasteiger partial charge >= 0.3 is 0 Å². The Kier molecular flexibility index (Phi) is 6.19. The Bertz CT molecular complexity index is 2220. The van der Waals surface area contributed by atoms with Gasteiger partial charge in [0.05, 0.1) is 27.7 Å². The van der Waals surface area contributed by atoms with E-state index in [-0.39, 0.29) is 33.6 Å². The van der Waals surface area contributed by atoms with E-state index in [2.05, 4.69) is 16.0 Å². The number of rotatable bonds is 4. The van der Waals surface area contributed by atoms with E-state index in [0.717, 1.165) is 36.8 Å². The Labute approximate surface area is 269 Å². The lowest BCUT2D eigenvalue weighted by molar-refractivity contribution is 0.0880. The number of aromatic nitrogens is 2. The van der Waals surface area contributed by atoms with Crippen LogP contribution < -0.4 is 10.5 Å². The molecule has 5 aromatic rings. The van der Waals surface area contributed by atoms with Gasteiger partial charge in [0.1, 0.15) is 11.7 Å². The number of hydrogen-bond acceptors (Lipinski definition) is 6. The van der Waals surface area contributed by atoms with Crippen molar-refractivity contribution in [2.75, 3.05) is 4.90 Å². The van der Waals surface area contributed by atoms with Crippen LogP contribution in [0.5, 0.6) is 0 Å². The van der Waals surface area contributed by atoms with E-state index in [1.807, 2.05) is 24.3 Å². The van der Waals surface area contributed by atoms with Crippen LogP contribution in [0.3, 0.4) is 0 Å². The van der Waals surface area contributed by atoms with Gasteiger partial charge in [0.15, 0.2) is 11.6 Å². The van der Waals surface area contributed by atoms with Crippen LogP contribution in [0.15, 0.2) is 71.5 Å². The summed E-state index contributed by atoms with van der Waals surface area (Å²) < 4.78 is 0.